The van der Waals surface area contributed by atoms with Gasteiger partial charge in [-0.15, -0.1) is 0 Å². The number of hydrogen-bond donors (Lipinski definition) is 0. The molecule has 0 saturated heterocycles. The second-order valence-electron chi connectivity index (χ2n) is 6.75. The summed E-state index contributed by atoms with van der Waals surface area (Å²) in [5.74, 6) is 0. The Balaban J connectivity index is 2.09. The van der Waals surface area contributed by atoms with Gasteiger partial charge in [-0.05, 0) is 35.1 Å². The molecule has 1 heterocycles. The van der Waals surface area contributed by atoms with Crippen molar-refractivity contribution in [2.45, 2.75) is 33.2 Å². The molecule has 0 fully saturated rings. The monoisotopic (exact) mass is 265 g/mol. The third-order valence-electron chi connectivity index (χ3n) is 4.19. The zero-order valence-corrected chi connectivity index (χ0v) is 12.6. The van der Waals surface area contributed by atoms with Gasteiger partial charge in [0.25, 0.3) is 0 Å². The van der Waals surface area contributed by atoms with Gasteiger partial charge >= 0.3 is 0 Å². The van der Waals surface area contributed by atoms with Crippen molar-refractivity contribution in [3.63, 3.8) is 0 Å². The largest absolute Gasteiger partial charge is 0.364 e. The van der Waals surface area contributed by atoms with Crippen molar-refractivity contribution in [3.05, 3.63) is 65.7 Å². The summed E-state index contributed by atoms with van der Waals surface area (Å²) in [6.07, 6.45) is 1.14. The fraction of sp³-hybridized carbons (Fsp3) is 0.368. The van der Waals surface area contributed by atoms with E-state index >= 15 is 0 Å². The molecule has 3 rings (SSSR count). The summed E-state index contributed by atoms with van der Waals surface area (Å²) in [4.78, 5) is 2.57. The van der Waals surface area contributed by atoms with Gasteiger partial charge in [-0.2, -0.15) is 0 Å². The van der Waals surface area contributed by atoms with E-state index in [0.717, 1.165) is 13.0 Å². The van der Waals surface area contributed by atoms with E-state index in [1.165, 1.54) is 16.8 Å². The van der Waals surface area contributed by atoms with Crippen molar-refractivity contribution < 1.29 is 0 Å². The third kappa shape index (κ3) is 2.33. The highest BCUT2D eigenvalue weighted by atomic mass is 15.2. The lowest BCUT2D eigenvalue weighted by Crippen LogP contribution is -2.42. The summed E-state index contributed by atoms with van der Waals surface area (Å²) in [7, 11) is 0. The van der Waals surface area contributed by atoms with Gasteiger partial charge in [-0.3, -0.25) is 0 Å². The van der Waals surface area contributed by atoms with Gasteiger partial charge < -0.3 is 4.90 Å². The molecule has 0 spiro atoms. The van der Waals surface area contributed by atoms with Crippen LogP contribution in [-0.2, 0) is 6.42 Å². The van der Waals surface area contributed by atoms with E-state index in [1.807, 2.05) is 0 Å². The molecule has 0 aromatic heterocycles. The van der Waals surface area contributed by atoms with Gasteiger partial charge in [0.15, 0.2) is 0 Å². The molecule has 1 aliphatic rings. The highest BCUT2D eigenvalue weighted by Crippen LogP contribution is 2.44. The molecule has 2 aromatic carbocycles. The summed E-state index contributed by atoms with van der Waals surface area (Å²) in [5.41, 5.74) is 4.56. The molecule has 1 heteroatoms. The van der Waals surface area contributed by atoms with Crippen LogP contribution >= 0.6 is 0 Å². The van der Waals surface area contributed by atoms with Gasteiger partial charge in [-0.1, -0.05) is 63.2 Å². The van der Waals surface area contributed by atoms with Crippen LogP contribution in [0, 0.1) is 5.41 Å². The second kappa shape index (κ2) is 4.97. The Kier molecular flexibility index (Phi) is 3.29. The van der Waals surface area contributed by atoms with E-state index in [1.54, 1.807) is 0 Å². The second-order valence-corrected chi connectivity index (χ2v) is 6.75. The first-order valence-corrected chi connectivity index (χ1v) is 7.47. The Hall–Kier alpha value is -1.76. The minimum Gasteiger partial charge on any atom is -0.364 e. The average Bonchev–Trinajstić information content (AvgIpc) is 2.46. The van der Waals surface area contributed by atoms with Crippen molar-refractivity contribution in [1.82, 2.24) is 0 Å². The molecule has 0 aliphatic carbocycles. The van der Waals surface area contributed by atoms with Crippen LogP contribution in [0.4, 0.5) is 5.69 Å². The molecule has 0 radical (unpaired) electrons. The summed E-state index contributed by atoms with van der Waals surface area (Å²) < 4.78 is 0. The molecule has 0 amide bonds. The zero-order valence-electron chi connectivity index (χ0n) is 12.6. The van der Waals surface area contributed by atoms with E-state index in [-0.39, 0.29) is 5.41 Å². The van der Waals surface area contributed by atoms with Crippen molar-refractivity contribution in [1.29, 1.82) is 0 Å². The minimum atomic E-state index is 0.215. The van der Waals surface area contributed by atoms with E-state index < -0.39 is 0 Å². The number of benzene rings is 2. The van der Waals surface area contributed by atoms with Crippen LogP contribution in [-0.4, -0.2) is 6.54 Å². The first-order valence-electron chi connectivity index (χ1n) is 7.47. The Bertz CT molecular complexity index is 580. The quantitative estimate of drug-likeness (QED) is 0.713. The maximum absolute atomic E-state index is 2.57. The van der Waals surface area contributed by atoms with Crippen molar-refractivity contribution in [3.8, 4) is 0 Å². The Morgan fingerprint density at radius 2 is 1.55 bits per heavy atom. The molecule has 104 valence electrons. The molecular formula is C19H23N. The van der Waals surface area contributed by atoms with Crippen molar-refractivity contribution >= 4 is 5.69 Å². The molecule has 20 heavy (non-hydrogen) atoms. The SMILES string of the molecule is CC(C)(C)C1c2ccccc2CCN1c1ccccc1. The molecule has 1 aliphatic heterocycles. The summed E-state index contributed by atoms with van der Waals surface area (Å²) in [6, 6.07) is 20.2. The number of rotatable bonds is 1. The van der Waals surface area contributed by atoms with E-state index in [0.29, 0.717) is 6.04 Å². The van der Waals surface area contributed by atoms with E-state index in [4.69, 9.17) is 0 Å². The van der Waals surface area contributed by atoms with Crippen LogP contribution in [0.2, 0.25) is 0 Å². The average molecular weight is 265 g/mol. The van der Waals surface area contributed by atoms with Crippen LogP contribution in [0.1, 0.15) is 37.9 Å². The molecule has 1 atom stereocenters. The molecular weight excluding hydrogens is 242 g/mol. The zero-order chi connectivity index (χ0) is 14.2. The molecule has 0 saturated carbocycles. The predicted molar refractivity (Wildman–Crippen MR) is 86.1 cm³/mol. The lowest BCUT2D eigenvalue weighted by molar-refractivity contribution is 0.299. The standard InChI is InChI=1S/C19H23N/c1-19(2,3)18-17-12-8-7-9-15(17)13-14-20(18)16-10-5-4-6-11-16/h4-12,18H,13-14H2,1-3H3. The van der Waals surface area contributed by atoms with Crippen LogP contribution in [0.25, 0.3) is 0 Å². The topological polar surface area (TPSA) is 3.24 Å². The lowest BCUT2D eigenvalue weighted by Gasteiger charge is -2.46. The van der Waals surface area contributed by atoms with Crippen LogP contribution in [0.5, 0.6) is 0 Å². The molecule has 2 aromatic rings. The number of anilines is 1. The molecule has 0 N–H and O–H groups in total. The third-order valence-corrected chi connectivity index (χ3v) is 4.19. The van der Waals surface area contributed by atoms with Crippen LogP contribution in [0.3, 0.4) is 0 Å². The van der Waals surface area contributed by atoms with E-state index in [2.05, 4.69) is 80.3 Å². The van der Waals surface area contributed by atoms with Crippen LogP contribution in [0.15, 0.2) is 54.6 Å². The van der Waals surface area contributed by atoms with Gasteiger partial charge in [-0.25, -0.2) is 0 Å². The summed E-state index contributed by atoms with van der Waals surface area (Å²) >= 11 is 0. The lowest BCUT2D eigenvalue weighted by atomic mass is 9.77. The Labute approximate surface area is 122 Å². The minimum absolute atomic E-state index is 0.215. The fourth-order valence-electron chi connectivity index (χ4n) is 3.40. The number of fused-ring (bicyclic) bond motifs is 1. The highest BCUT2D eigenvalue weighted by Gasteiger charge is 2.35. The maximum Gasteiger partial charge on any atom is 0.0593 e. The normalized spacial score (nSPS) is 18.8. The maximum atomic E-state index is 2.57. The molecule has 1 nitrogen and oxygen atoms in total. The predicted octanol–water partition coefficient (Wildman–Crippen LogP) is 4.84. The van der Waals surface area contributed by atoms with Gasteiger partial charge in [0.05, 0.1) is 6.04 Å². The van der Waals surface area contributed by atoms with Crippen LogP contribution < -0.4 is 4.90 Å². The van der Waals surface area contributed by atoms with Crippen molar-refractivity contribution in [2.75, 3.05) is 11.4 Å². The van der Waals surface area contributed by atoms with Gasteiger partial charge in [0.1, 0.15) is 0 Å². The summed E-state index contributed by atoms with van der Waals surface area (Å²) in [6.45, 7) is 8.13. The number of para-hydroxylation sites is 1. The Morgan fingerprint density at radius 1 is 0.900 bits per heavy atom. The van der Waals surface area contributed by atoms with Gasteiger partial charge in [0.2, 0.25) is 0 Å². The first-order chi connectivity index (χ1) is 9.57. The number of nitrogens with zero attached hydrogens (tertiary/aromatic N) is 1. The molecule has 1 unspecified atom stereocenters. The van der Waals surface area contributed by atoms with Gasteiger partial charge in [0, 0.05) is 12.2 Å². The van der Waals surface area contributed by atoms with E-state index in [9.17, 15) is 0 Å². The fourth-order valence-corrected chi connectivity index (χ4v) is 3.40. The molecule has 0 bridgehead atoms. The summed E-state index contributed by atoms with van der Waals surface area (Å²) in [5, 5.41) is 0. The first kappa shape index (κ1) is 13.2. The Morgan fingerprint density at radius 3 is 2.25 bits per heavy atom. The number of hydrogen-bond acceptors (Lipinski definition) is 1. The smallest absolute Gasteiger partial charge is 0.0593 e. The van der Waals surface area contributed by atoms with Crippen molar-refractivity contribution in [2.24, 2.45) is 5.41 Å². The highest BCUT2D eigenvalue weighted by molar-refractivity contribution is 5.52.